The molecule has 0 bridgehead atoms. The molecule has 2 aromatic rings. The summed E-state index contributed by atoms with van der Waals surface area (Å²) in [5.74, 6) is -0.0439. The number of carbonyl (C=O) groups is 1. The highest BCUT2D eigenvalue weighted by molar-refractivity contribution is 7.89. The van der Waals surface area contributed by atoms with E-state index in [1.165, 1.54) is 0 Å². The van der Waals surface area contributed by atoms with Gasteiger partial charge in [-0.25, -0.2) is 17.9 Å². The summed E-state index contributed by atoms with van der Waals surface area (Å²) in [6.07, 6.45) is 1.63. The number of hydrogen-bond acceptors (Lipinski definition) is 3. The van der Waals surface area contributed by atoms with E-state index in [1.807, 2.05) is 58.0 Å². The van der Waals surface area contributed by atoms with Gasteiger partial charge in [-0.05, 0) is 80.8 Å². The molecule has 192 valence electrons. The van der Waals surface area contributed by atoms with Gasteiger partial charge in [0.2, 0.25) is 10.0 Å². The zero-order chi connectivity index (χ0) is 26.0. The van der Waals surface area contributed by atoms with Gasteiger partial charge in [-0.3, -0.25) is 4.90 Å². The van der Waals surface area contributed by atoms with E-state index in [0.717, 1.165) is 28.7 Å². The maximum atomic E-state index is 12.4. The minimum absolute atomic E-state index is 0.0825. The smallest absolute Gasteiger partial charge is 0.408 e. The third-order valence-electron chi connectivity index (χ3n) is 6.45. The van der Waals surface area contributed by atoms with E-state index >= 15 is 0 Å². The quantitative estimate of drug-likeness (QED) is 0.414. The molecule has 1 aliphatic carbocycles. The maximum Gasteiger partial charge on any atom is 0.408 e. The summed E-state index contributed by atoms with van der Waals surface area (Å²) in [6.45, 7) is 7.75. The number of nitrogens with one attached hydrogen (secondary N) is 1. The fraction of sp³-hybridized carbons (Fsp3) is 0.500. The van der Waals surface area contributed by atoms with Crippen LogP contribution in [0.3, 0.4) is 0 Å². The van der Waals surface area contributed by atoms with Crippen molar-refractivity contribution in [2.75, 3.05) is 5.75 Å². The second-order valence-electron chi connectivity index (χ2n) is 10.2. The van der Waals surface area contributed by atoms with Crippen molar-refractivity contribution < 1.29 is 18.3 Å². The highest BCUT2D eigenvalue weighted by Crippen LogP contribution is 2.40. The van der Waals surface area contributed by atoms with Crippen LogP contribution in [0.4, 0.5) is 4.79 Å². The summed E-state index contributed by atoms with van der Waals surface area (Å²) < 4.78 is 27.0. The van der Waals surface area contributed by atoms with Gasteiger partial charge in [0.25, 0.3) is 0 Å². The number of amides is 1. The zero-order valence-corrected chi connectivity index (χ0v) is 23.0. The van der Waals surface area contributed by atoms with Gasteiger partial charge in [-0.15, -0.1) is 0 Å². The third kappa shape index (κ3) is 6.91. The molecule has 9 heteroatoms. The Bertz CT molecular complexity index is 1180. The van der Waals surface area contributed by atoms with Gasteiger partial charge in [0, 0.05) is 24.0 Å². The van der Waals surface area contributed by atoms with E-state index in [0.29, 0.717) is 29.3 Å². The van der Waals surface area contributed by atoms with E-state index in [2.05, 4.69) is 4.72 Å². The van der Waals surface area contributed by atoms with Crippen LogP contribution < -0.4 is 4.72 Å². The number of nitrogens with zero attached hydrogens (tertiary/aromatic N) is 1. The molecular formula is C26H34Cl2N2O4S. The Kier molecular flexibility index (Phi) is 8.79. The molecule has 3 rings (SSSR count). The summed E-state index contributed by atoms with van der Waals surface area (Å²) in [4.78, 5) is 14.0. The number of halogens is 2. The van der Waals surface area contributed by atoms with Gasteiger partial charge in [-0.2, -0.15) is 0 Å². The van der Waals surface area contributed by atoms with Crippen molar-refractivity contribution in [3.05, 3.63) is 68.7 Å². The van der Waals surface area contributed by atoms with Crippen LogP contribution >= 0.6 is 23.2 Å². The van der Waals surface area contributed by atoms with Crippen LogP contribution in [0, 0.1) is 0 Å². The SMILES string of the molecule is CCCS(=O)(=O)NCc1ccc2c(c1)C(Cc1ccc(Cl)c(Cl)c1)C(N(C(=O)O)C(C)(C)C)CC2. The van der Waals surface area contributed by atoms with Crippen molar-refractivity contribution >= 4 is 39.3 Å². The monoisotopic (exact) mass is 540 g/mol. The van der Waals surface area contributed by atoms with Crippen molar-refractivity contribution in [2.24, 2.45) is 0 Å². The Labute approximate surface area is 218 Å². The topological polar surface area (TPSA) is 86.7 Å². The molecule has 0 spiro atoms. The summed E-state index contributed by atoms with van der Waals surface area (Å²) in [6, 6.07) is 11.3. The average Bonchev–Trinajstić information content (AvgIpc) is 2.75. The predicted octanol–water partition coefficient (Wildman–Crippen LogP) is 6.24. The van der Waals surface area contributed by atoms with Gasteiger partial charge in [0.05, 0.1) is 15.8 Å². The van der Waals surface area contributed by atoms with Crippen LogP contribution in [0.5, 0.6) is 0 Å². The first-order valence-corrected chi connectivity index (χ1v) is 14.3. The van der Waals surface area contributed by atoms with Crippen LogP contribution in [0.25, 0.3) is 0 Å². The van der Waals surface area contributed by atoms with Gasteiger partial charge in [-0.1, -0.05) is 54.4 Å². The minimum Gasteiger partial charge on any atom is -0.465 e. The summed E-state index contributed by atoms with van der Waals surface area (Å²) >= 11 is 12.4. The Morgan fingerprint density at radius 2 is 1.80 bits per heavy atom. The third-order valence-corrected chi connectivity index (χ3v) is 8.72. The van der Waals surface area contributed by atoms with E-state index in [1.54, 1.807) is 11.0 Å². The van der Waals surface area contributed by atoms with E-state index < -0.39 is 21.7 Å². The van der Waals surface area contributed by atoms with Crippen molar-refractivity contribution in [2.45, 2.75) is 77.4 Å². The number of benzene rings is 2. The van der Waals surface area contributed by atoms with E-state index in [-0.39, 0.29) is 24.3 Å². The number of sulfonamides is 1. The molecule has 6 nitrogen and oxygen atoms in total. The lowest BCUT2D eigenvalue weighted by atomic mass is 9.74. The molecule has 2 aromatic carbocycles. The molecule has 0 saturated heterocycles. The molecule has 1 amide bonds. The summed E-state index contributed by atoms with van der Waals surface area (Å²) in [7, 11) is -3.34. The number of carboxylic acid groups (broad SMARTS) is 1. The molecule has 2 N–H and O–H groups in total. The fourth-order valence-corrected chi connectivity index (χ4v) is 6.36. The first kappa shape index (κ1) is 27.8. The molecule has 0 fully saturated rings. The predicted molar refractivity (Wildman–Crippen MR) is 142 cm³/mol. The van der Waals surface area contributed by atoms with Crippen LogP contribution in [-0.4, -0.2) is 41.9 Å². The molecule has 1 aliphatic rings. The molecule has 0 aromatic heterocycles. The molecule has 0 radical (unpaired) electrons. The van der Waals surface area contributed by atoms with Crippen molar-refractivity contribution in [3.8, 4) is 0 Å². The number of rotatable bonds is 8. The second kappa shape index (κ2) is 11.1. The first-order chi connectivity index (χ1) is 16.3. The molecule has 0 aliphatic heterocycles. The Morgan fingerprint density at radius 1 is 1.11 bits per heavy atom. The van der Waals surface area contributed by atoms with E-state index in [4.69, 9.17) is 23.2 Å². The Hall–Kier alpha value is -1.80. The van der Waals surface area contributed by atoms with Crippen molar-refractivity contribution in [1.29, 1.82) is 0 Å². The van der Waals surface area contributed by atoms with E-state index in [9.17, 15) is 18.3 Å². The van der Waals surface area contributed by atoms with Gasteiger partial charge in [0.1, 0.15) is 0 Å². The summed E-state index contributed by atoms with van der Waals surface area (Å²) in [5.41, 5.74) is 3.44. The van der Waals surface area contributed by atoms with Gasteiger partial charge in [0.15, 0.2) is 0 Å². The van der Waals surface area contributed by atoms with Crippen LogP contribution in [0.1, 0.15) is 68.7 Å². The normalized spacial score (nSPS) is 18.2. The van der Waals surface area contributed by atoms with Crippen LogP contribution in [-0.2, 0) is 29.4 Å². The second-order valence-corrected chi connectivity index (χ2v) is 12.9. The largest absolute Gasteiger partial charge is 0.465 e. The summed E-state index contributed by atoms with van der Waals surface area (Å²) in [5, 5.41) is 11.1. The molecular weight excluding hydrogens is 507 g/mol. The molecule has 0 heterocycles. The molecule has 35 heavy (non-hydrogen) atoms. The highest BCUT2D eigenvalue weighted by atomic mass is 35.5. The minimum atomic E-state index is -3.34. The fourth-order valence-electron chi connectivity index (χ4n) is 4.98. The lowest BCUT2D eigenvalue weighted by Gasteiger charge is -2.46. The standard InChI is InChI=1S/C26H34Cl2N2O4S/c1-5-12-35(33,34)29-16-18-6-8-19-9-11-24(30(25(31)32)26(2,3)4)21(20(19)14-18)13-17-7-10-22(27)23(28)15-17/h6-8,10,14-15,21,24,29H,5,9,11-13,16H2,1-4H3,(H,31,32). The average molecular weight is 542 g/mol. The van der Waals surface area contributed by atoms with Crippen molar-refractivity contribution in [1.82, 2.24) is 9.62 Å². The molecule has 2 unspecified atom stereocenters. The zero-order valence-electron chi connectivity index (χ0n) is 20.6. The number of hydrogen-bond donors (Lipinski definition) is 2. The maximum absolute atomic E-state index is 12.4. The molecule has 0 saturated carbocycles. The lowest BCUT2D eigenvalue weighted by molar-refractivity contribution is 0.0545. The number of aryl methyl sites for hydroxylation is 1. The van der Waals surface area contributed by atoms with Gasteiger partial charge >= 0.3 is 6.09 Å². The number of fused-ring (bicyclic) bond motifs is 1. The highest BCUT2D eigenvalue weighted by Gasteiger charge is 2.41. The lowest BCUT2D eigenvalue weighted by Crippen LogP contribution is -2.54. The van der Waals surface area contributed by atoms with Crippen molar-refractivity contribution in [3.63, 3.8) is 0 Å². The van der Waals surface area contributed by atoms with Gasteiger partial charge < -0.3 is 5.11 Å². The Balaban J connectivity index is 2.03. The van der Waals surface area contributed by atoms with Crippen LogP contribution in [0.2, 0.25) is 10.0 Å². The first-order valence-electron chi connectivity index (χ1n) is 11.9. The Morgan fingerprint density at radius 3 is 2.40 bits per heavy atom. The van der Waals surface area contributed by atoms with Crippen LogP contribution in [0.15, 0.2) is 36.4 Å². The molecule has 2 atom stereocenters.